The highest BCUT2D eigenvalue weighted by Crippen LogP contribution is 2.16. The van der Waals surface area contributed by atoms with Gasteiger partial charge in [-0.15, -0.1) is 0 Å². The first-order chi connectivity index (χ1) is 9.61. The molecule has 0 heterocycles. The van der Waals surface area contributed by atoms with Gasteiger partial charge in [0.1, 0.15) is 18.2 Å². The predicted molar refractivity (Wildman–Crippen MR) is 79.5 cm³/mol. The van der Waals surface area contributed by atoms with Crippen LogP contribution in [0.15, 0.2) is 18.2 Å². The van der Waals surface area contributed by atoms with Gasteiger partial charge in [-0.3, -0.25) is 0 Å². The van der Waals surface area contributed by atoms with E-state index in [2.05, 4.69) is 26.1 Å². The highest BCUT2D eigenvalue weighted by molar-refractivity contribution is 5.29. The second-order valence-electron chi connectivity index (χ2n) is 5.29. The van der Waals surface area contributed by atoms with Gasteiger partial charge in [-0.2, -0.15) is 0 Å². The van der Waals surface area contributed by atoms with Crippen molar-refractivity contribution in [2.75, 3.05) is 26.4 Å². The van der Waals surface area contributed by atoms with Crippen LogP contribution in [0.3, 0.4) is 0 Å². The number of benzene rings is 1. The molecule has 0 aliphatic heterocycles. The van der Waals surface area contributed by atoms with E-state index in [0.29, 0.717) is 31.4 Å². The monoisotopic (exact) mass is 283 g/mol. The first-order valence-corrected chi connectivity index (χ1v) is 7.32. The lowest BCUT2D eigenvalue weighted by atomic mass is 10.2. The summed E-state index contributed by atoms with van der Waals surface area (Å²) in [5, 5.41) is 3.25. The van der Waals surface area contributed by atoms with E-state index >= 15 is 0 Å². The van der Waals surface area contributed by atoms with Crippen molar-refractivity contribution in [3.05, 3.63) is 29.6 Å². The standard InChI is InChI=1S/C16H26FNO2/c1-4-5-18-11-14-8-15(17)10-16(9-14)20-7-6-19-12-13(2)3/h8-10,13,18H,4-7,11-12H2,1-3H3. The van der Waals surface area contributed by atoms with Crippen molar-refractivity contribution in [3.8, 4) is 5.75 Å². The Morgan fingerprint density at radius 2 is 2.00 bits per heavy atom. The van der Waals surface area contributed by atoms with Crippen LogP contribution in [-0.2, 0) is 11.3 Å². The van der Waals surface area contributed by atoms with Gasteiger partial charge in [0.05, 0.1) is 6.61 Å². The van der Waals surface area contributed by atoms with Gasteiger partial charge in [0, 0.05) is 19.2 Å². The Bertz CT molecular complexity index is 383. The highest BCUT2D eigenvalue weighted by Gasteiger charge is 2.02. The molecule has 1 N–H and O–H groups in total. The molecule has 0 fully saturated rings. The average molecular weight is 283 g/mol. The summed E-state index contributed by atoms with van der Waals surface area (Å²) < 4.78 is 24.4. The molecule has 0 aromatic heterocycles. The van der Waals surface area contributed by atoms with Crippen LogP contribution in [0.4, 0.5) is 4.39 Å². The molecule has 1 rings (SSSR count). The minimum Gasteiger partial charge on any atom is -0.491 e. The summed E-state index contributed by atoms with van der Waals surface area (Å²) in [7, 11) is 0. The lowest BCUT2D eigenvalue weighted by Gasteiger charge is -2.10. The third-order valence-electron chi connectivity index (χ3n) is 2.63. The summed E-state index contributed by atoms with van der Waals surface area (Å²) in [6.45, 7) is 9.58. The van der Waals surface area contributed by atoms with Crippen molar-refractivity contribution in [3.63, 3.8) is 0 Å². The number of ether oxygens (including phenoxy) is 2. The van der Waals surface area contributed by atoms with Crippen LogP contribution in [0.5, 0.6) is 5.75 Å². The molecule has 3 nitrogen and oxygen atoms in total. The molecule has 0 atom stereocenters. The Morgan fingerprint density at radius 3 is 2.70 bits per heavy atom. The molecule has 1 aromatic carbocycles. The fourth-order valence-electron chi connectivity index (χ4n) is 1.75. The number of rotatable bonds is 10. The number of nitrogens with one attached hydrogen (secondary N) is 1. The van der Waals surface area contributed by atoms with E-state index in [9.17, 15) is 4.39 Å². The van der Waals surface area contributed by atoms with E-state index in [0.717, 1.165) is 25.1 Å². The Kier molecular flexibility index (Phi) is 8.23. The summed E-state index contributed by atoms with van der Waals surface area (Å²) in [5.41, 5.74) is 0.900. The molecule has 4 heteroatoms. The van der Waals surface area contributed by atoms with E-state index in [-0.39, 0.29) is 5.82 Å². The summed E-state index contributed by atoms with van der Waals surface area (Å²) in [4.78, 5) is 0. The molecule has 0 unspecified atom stereocenters. The third-order valence-corrected chi connectivity index (χ3v) is 2.63. The fourth-order valence-corrected chi connectivity index (χ4v) is 1.75. The van der Waals surface area contributed by atoms with Gasteiger partial charge in [0.2, 0.25) is 0 Å². The van der Waals surface area contributed by atoms with Gasteiger partial charge in [0.25, 0.3) is 0 Å². The van der Waals surface area contributed by atoms with E-state index in [4.69, 9.17) is 9.47 Å². The van der Waals surface area contributed by atoms with Gasteiger partial charge in [-0.25, -0.2) is 4.39 Å². The van der Waals surface area contributed by atoms with Crippen molar-refractivity contribution in [1.82, 2.24) is 5.32 Å². The zero-order valence-electron chi connectivity index (χ0n) is 12.7. The minimum absolute atomic E-state index is 0.265. The second-order valence-corrected chi connectivity index (χ2v) is 5.29. The van der Waals surface area contributed by atoms with Crippen LogP contribution in [0.1, 0.15) is 32.8 Å². The van der Waals surface area contributed by atoms with Crippen LogP contribution in [-0.4, -0.2) is 26.4 Å². The van der Waals surface area contributed by atoms with Crippen molar-refractivity contribution >= 4 is 0 Å². The summed E-state index contributed by atoms with van der Waals surface area (Å²) in [6.07, 6.45) is 1.06. The van der Waals surface area contributed by atoms with E-state index < -0.39 is 0 Å². The molecule has 0 radical (unpaired) electrons. The van der Waals surface area contributed by atoms with Crippen LogP contribution >= 0.6 is 0 Å². The zero-order valence-corrected chi connectivity index (χ0v) is 12.7. The van der Waals surface area contributed by atoms with Crippen molar-refractivity contribution in [2.24, 2.45) is 5.92 Å². The Morgan fingerprint density at radius 1 is 1.20 bits per heavy atom. The lowest BCUT2D eigenvalue weighted by molar-refractivity contribution is 0.0818. The molecule has 1 aromatic rings. The Hall–Kier alpha value is -1.13. The Labute approximate surface area is 121 Å². The zero-order chi connectivity index (χ0) is 14.8. The molecule has 114 valence electrons. The number of hydrogen-bond acceptors (Lipinski definition) is 3. The normalized spacial score (nSPS) is 11.1. The first kappa shape index (κ1) is 16.9. The third kappa shape index (κ3) is 7.46. The first-order valence-electron chi connectivity index (χ1n) is 7.32. The van der Waals surface area contributed by atoms with E-state index in [1.165, 1.54) is 12.1 Å². The summed E-state index contributed by atoms with van der Waals surface area (Å²) in [6, 6.07) is 4.81. The SMILES string of the molecule is CCCNCc1cc(F)cc(OCCOCC(C)C)c1. The van der Waals surface area contributed by atoms with Crippen molar-refractivity contribution < 1.29 is 13.9 Å². The second kappa shape index (κ2) is 9.72. The predicted octanol–water partition coefficient (Wildman–Crippen LogP) is 3.38. The van der Waals surface area contributed by atoms with Gasteiger partial charge in [-0.05, 0) is 36.6 Å². The van der Waals surface area contributed by atoms with Gasteiger partial charge in [0.15, 0.2) is 0 Å². The molecule has 0 amide bonds. The molecule has 20 heavy (non-hydrogen) atoms. The molecule has 0 saturated carbocycles. The maximum absolute atomic E-state index is 13.5. The maximum Gasteiger partial charge on any atom is 0.127 e. The van der Waals surface area contributed by atoms with E-state index in [1.807, 2.05) is 6.07 Å². The average Bonchev–Trinajstić information content (AvgIpc) is 2.38. The Balaban J connectivity index is 2.37. The maximum atomic E-state index is 13.5. The van der Waals surface area contributed by atoms with Gasteiger partial charge in [-0.1, -0.05) is 20.8 Å². The molecular formula is C16H26FNO2. The molecule has 0 saturated heterocycles. The smallest absolute Gasteiger partial charge is 0.127 e. The van der Waals surface area contributed by atoms with Crippen LogP contribution < -0.4 is 10.1 Å². The lowest BCUT2D eigenvalue weighted by Crippen LogP contribution is -2.14. The molecule has 0 aliphatic rings. The van der Waals surface area contributed by atoms with Gasteiger partial charge >= 0.3 is 0 Å². The number of hydrogen-bond donors (Lipinski definition) is 1. The molecule has 0 bridgehead atoms. The quantitative estimate of drug-likeness (QED) is 0.668. The molecule has 0 aliphatic carbocycles. The van der Waals surface area contributed by atoms with Crippen LogP contribution in [0.2, 0.25) is 0 Å². The van der Waals surface area contributed by atoms with Crippen molar-refractivity contribution in [2.45, 2.75) is 33.7 Å². The minimum atomic E-state index is -0.265. The fraction of sp³-hybridized carbons (Fsp3) is 0.625. The summed E-state index contributed by atoms with van der Waals surface area (Å²) >= 11 is 0. The van der Waals surface area contributed by atoms with Crippen molar-refractivity contribution in [1.29, 1.82) is 0 Å². The van der Waals surface area contributed by atoms with E-state index in [1.54, 1.807) is 0 Å². The van der Waals surface area contributed by atoms with Crippen LogP contribution in [0.25, 0.3) is 0 Å². The van der Waals surface area contributed by atoms with Crippen LogP contribution in [0, 0.1) is 11.7 Å². The largest absolute Gasteiger partial charge is 0.491 e. The number of halogens is 1. The molecular weight excluding hydrogens is 257 g/mol. The summed E-state index contributed by atoms with van der Waals surface area (Å²) in [5.74, 6) is 0.811. The topological polar surface area (TPSA) is 30.5 Å². The highest BCUT2D eigenvalue weighted by atomic mass is 19.1. The molecule has 0 spiro atoms. The van der Waals surface area contributed by atoms with Gasteiger partial charge < -0.3 is 14.8 Å².